The first-order valence-corrected chi connectivity index (χ1v) is 8.26. The van der Waals surface area contributed by atoms with Crippen LogP contribution in [0.2, 0.25) is 0 Å². The summed E-state index contributed by atoms with van der Waals surface area (Å²) >= 11 is 0. The molecule has 0 fully saturated rings. The minimum Gasteiger partial charge on any atom is -0.508 e. The lowest BCUT2D eigenvalue weighted by Crippen LogP contribution is -2.29. The molecule has 1 aliphatic carbocycles. The van der Waals surface area contributed by atoms with Gasteiger partial charge in [-0.15, -0.1) is 0 Å². The molecule has 0 aromatic heterocycles. The normalized spacial score (nSPS) is 18.4. The van der Waals surface area contributed by atoms with Crippen molar-refractivity contribution < 1.29 is 19.4 Å². The smallest absolute Gasteiger partial charge is 0.336 e. The van der Waals surface area contributed by atoms with Crippen LogP contribution in [-0.2, 0) is 9.53 Å². The summed E-state index contributed by atoms with van der Waals surface area (Å²) in [5.41, 5.74) is 4.51. The highest BCUT2D eigenvalue weighted by Crippen LogP contribution is 2.46. The molecule has 0 saturated carbocycles. The summed E-state index contributed by atoms with van der Waals surface area (Å²) in [5, 5.41) is 12.8. The number of ether oxygens (including phenoxy) is 1. The van der Waals surface area contributed by atoms with E-state index < -0.39 is 11.9 Å². The lowest BCUT2D eigenvalue weighted by molar-refractivity contribution is -0.136. The Morgan fingerprint density at radius 1 is 1.08 bits per heavy atom. The number of fused-ring (bicyclic) bond motifs is 2. The first-order valence-electron chi connectivity index (χ1n) is 8.26. The average Bonchev–Trinajstić information content (AvgIpc) is 2.93. The Balaban J connectivity index is 1.95. The van der Waals surface area contributed by atoms with Crippen molar-refractivity contribution in [1.82, 2.24) is 5.32 Å². The van der Waals surface area contributed by atoms with Crippen LogP contribution in [0.3, 0.4) is 0 Å². The van der Waals surface area contributed by atoms with Gasteiger partial charge < -0.3 is 15.2 Å². The number of Topliss-reactive ketones (excluding diaryl/α,β-unsaturated/α-hetero) is 1. The van der Waals surface area contributed by atoms with Gasteiger partial charge in [0.1, 0.15) is 5.75 Å². The van der Waals surface area contributed by atoms with E-state index in [4.69, 9.17) is 4.74 Å². The van der Waals surface area contributed by atoms with Crippen LogP contribution in [0.1, 0.15) is 34.3 Å². The molecular formula is C21H17NO4. The number of methoxy groups -OCH3 is 1. The van der Waals surface area contributed by atoms with Crippen LogP contribution in [0.15, 0.2) is 65.4 Å². The Bertz CT molecular complexity index is 999. The Morgan fingerprint density at radius 2 is 1.73 bits per heavy atom. The van der Waals surface area contributed by atoms with Crippen molar-refractivity contribution in [3.8, 4) is 5.75 Å². The summed E-state index contributed by atoms with van der Waals surface area (Å²) < 4.78 is 4.98. The summed E-state index contributed by atoms with van der Waals surface area (Å²) in [6, 6.07) is 13.9. The minimum atomic E-state index is -0.556. The van der Waals surface area contributed by atoms with Crippen LogP contribution < -0.4 is 5.32 Å². The van der Waals surface area contributed by atoms with Crippen molar-refractivity contribution in [2.24, 2.45) is 0 Å². The first-order chi connectivity index (χ1) is 12.5. The van der Waals surface area contributed by atoms with Gasteiger partial charge in [-0.05, 0) is 24.6 Å². The van der Waals surface area contributed by atoms with Gasteiger partial charge >= 0.3 is 5.97 Å². The second-order valence-electron chi connectivity index (χ2n) is 6.34. The number of hydrogen-bond donors (Lipinski definition) is 2. The van der Waals surface area contributed by atoms with Crippen LogP contribution in [0, 0.1) is 0 Å². The number of benzene rings is 2. The fraction of sp³-hybridized carbons (Fsp3) is 0.143. The van der Waals surface area contributed by atoms with E-state index >= 15 is 0 Å². The Labute approximate surface area is 150 Å². The molecule has 2 aromatic carbocycles. The summed E-state index contributed by atoms with van der Waals surface area (Å²) in [6.07, 6.45) is 0. The van der Waals surface area contributed by atoms with Gasteiger partial charge in [0, 0.05) is 28.3 Å². The minimum absolute atomic E-state index is 0.102. The van der Waals surface area contributed by atoms with Gasteiger partial charge in [0.2, 0.25) is 0 Å². The van der Waals surface area contributed by atoms with Gasteiger partial charge in [-0.25, -0.2) is 4.79 Å². The number of aromatic hydroxyl groups is 1. The number of allylic oxidation sites excluding steroid dienone is 2. The molecule has 1 atom stereocenters. The monoisotopic (exact) mass is 347 g/mol. The number of dihydropyridines is 1. The van der Waals surface area contributed by atoms with Crippen LogP contribution >= 0.6 is 0 Å². The third-order valence-corrected chi connectivity index (χ3v) is 4.88. The molecule has 2 N–H and O–H groups in total. The van der Waals surface area contributed by atoms with Gasteiger partial charge in [0.15, 0.2) is 5.78 Å². The van der Waals surface area contributed by atoms with E-state index in [2.05, 4.69) is 5.32 Å². The third-order valence-electron chi connectivity index (χ3n) is 4.88. The second-order valence-corrected chi connectivity index (χ2v) is 6.34. The van der Waals surface area contributed by atoms with Gasteiger partial charge in [-0.2, -0.15) is 0 Å². The molecule has 0 bridgehead atoms. The fourth-order valence-electron chi connectivity index (χ4n) is 3.71. The van der Waals surface area contributed by atoms with Crippen molar-refractivity contribution in [3.05, 3.63) is 82.1 Å². The molecule has 1 aliphatic heterocycles. The van der Waals surface area contributed by atoms with Gasteiger partial charge in [0.05, 0.1) is 18.4 Å². The standard InChI is InChI=1S/C21H17NO4/c1-11-16(21(25)26-2)17(12-7-9-13(23)10-8-12)18-19(22-11)14-5-3-4-6-15(14)20(18)24/h3-10,17,22-23H,1-2H3/t17-/m0/s1. The lowest BCUT2D eigenvalue weighted by atomic mass is 9.80. The van der Waals surface area contributed by atoms with Gasteiger partial charge in [-0.1, -0.05) is 36.4 Å². The van der Waals surface area contributed by atoms with Crippen LogP contribution in [0.4, 0.5) is 0 Å². The average molecular weight is 347 g/mol. The van der Waals surface area contributed by atoms with Crippen molar-refractivity contribution in [1.29, 1.82) is 0 Å². The maximum absolute atomic E-state index is 13.1. The second kappa shape index (κ2) is 5.88. The fourth-order valence-corrected chi connectivity index (χ4v) is 3.71. The molecule has 130 valence electrons. The van der Waals surface area contributed by atoms with Gasteiger partial charge in [-0.3, -0.25) is 4.79 Å². The highest BCUT2D eigenvalue weighted by atomic mass is 16.5. The van der Waals surface area contributed by atoms with Crippen molar-refractivity contribution in [3.63, 3.8) is 0 Å². The molecule has 5 heteroatoms. The molecule has 0 amide bonds. The number of carbonyl (C=O) groups is 2. The predicted molar refractivity (Wildman–Crippen MR) is 96.4 cm³/mol. The molecule has 2 aliphatic rings. The zero-order valence-corrected chi connectivity index (χ0v) is 14.4. The van der Waals surface area contributed by atoms with Gasteiger partial charge in [0.25, 0.3) is 0 Å². The Kier molecular flexibility index (Phi) is 3.65. The third kappa shape index (κ3) is 2.24. The summed E-state index contributed by atoms with van der Waals surface area (Å²) in [6.45, 7) is 1.80. The Hall–Kier alpha value is -3.34. The topological polar surface area (TPSA) is 75.6 Å². The van der Waals surface area contributed by atoms with E-state index in [1.165, 1.54) is 7.11 Å². The molecule has 0 saturated heterocycles. The van der Waals surface area contributed by atoms with Crippen LogP contribution in [0.25, 0.3) is 5.70 Å². The molecule has 0 radical (unpaired) electrons. The van der Waals surface area contributed by atoms with E-state index in [0.29, 0.717) is 22.4 Å². The molecule has 5 nitrogen and oxygen atoms in total. The summed E-state index contributed by atoms with van der Waals surface area (Å²) in [5.74, 6) is -1.02. The number of ketones is 1. The van der Waals surface area contributed by atoms with Crippen molar-refractivity contribution >= 4 is 17.4 Å². The first kappa shape index (κ1) is 16.1. The molecule has 4 rings (SSSR count). The van der Waals surface area contributed by atoms with Crippen LogP contribution in [0.5, 0.6) is 5.75 Å². The molecule has 0 unspecified atom stereocenters. The highest BCUT2D eigenvalue weighted by molar-refractivity contribution is 6.23. The number of hydrogen-bond acceptors (Lipinski definition) is 5. The predicted octanol–water partition coefficient (Wildman–Crippen LogP) is 3.13. The molecule has 2 aromatic rings. The quantitative estimate of drug-likeness (QED) is 0.817. The zero-order valence-electron chi connectivity index (χ0n) is 14.4. The molecule has 0 spiro atoms. The van der Waals surface area contributed by atoms with Crippen LogP contribution in [-0.4, -0.2) is 24.0 Å². The largest absolute Gasteiger partial charge is 0.508 e. The van der Waals surface area contributed by atoms with E-state index in [9.17, 15) is 14.7 Å². The summed E-state index contributed by atoms with van der Waals surface area (Å²) in [4.78, 5) is 25.6. The van der Waals surface area contributed by atoms with E-state index in [-0.39, 0.29) is 11.5 Å². The maximum atomic E-state index is 13.1. The molecule has 1 heterocycles. The highest BCUT2D eigenvalue weighted by Gasteiger charge is 2.42. The van der Waals surface area contributed by atoms with Crippen molar-refractivity contribution in [2.45, 2.75) is 12.8 Å². The number of rotatable bonds is 2. The Morgan fingerprint density at radius 3 is 2.38 bits per heavy atom. The maximum Gasteiger partial charge on any atom is 0.336 e. The number of phenols is 1. The number of esters is 1. The van der Waals surface area contributed by atoms with E-state index in [0.717, 1.165) is 16.8 Å². The summed E-state index contributed by atoms with van der Waals surface area (Å²) in [7, 11) is 1.33. The molecular weight excluding hydrogens is 330 g/mol. The number of carbonyl (C=O) groups excluding carboxylic acids is 2. The van der Waals surface area contributed by atoms with E-state index in [1.54, 1.807) is 37.3 Å². The lowest BCUT2D eigenvalue weighted by Gasteiger charge is -2.29. The number of nitrogens with one attached hydrogen (secondary N) is 1. The zero-order chi connectivity index (χ0) is 18.4. The SMILES string of the molecule is COC(=O)C1=C(C)NC2=C(C(=O)c3ccccc32)[C@H]1c1ccc(O)cc1. The molecule has 26 heavy (non-hydrogen) atoms. The van der Waals surface area contributed by atoms with Crippen molar-refractivity contribution in [2.75, 3.05) is 7.11 Å². The van der Waals surface area contributed by atoms with E-state index in [1.807, 2.05) is 18.2 Å². The number of phenolic OH excluding ortho intramolecular Hbond substituents is 1.